The summed E-state index contributed by atoms with van der Waals surface area (Å²) in [6.07, 6.45) is 79.2. The van der Waals surface area contributed by atoms with Crippen molar-refractivity contribution >= 4 is 11.9 Å². The Kier molecular flexibility index (Phi) is 61.0. The highest BCUT2D eigenvalue weighted by Crippen LogP contribution is 2.17. The number of amides is 1. The first-order valence-corrected chi connectivity index (χ1v) is 32.8. The van der Waals surface area contributed by atoms with Crippen molar-refractivity contribution in [3.8, 4) is 0 Å². The zero-order valence-corrected chi connectivity index (χ0v) is 49.1. The highest BCUT2D eigenvalue weighted by atomic mass is 16.5. The fraction of sp³-hybridized carbons (Fsp3) is 0.881. The first-order valence-electron chi connectivity index (χ1n) is 32.8. The standard InChI is InChI=1S/C67H127NO5/c1-3-5-7-9-11-13-15-17-18-33-37-41-45-49-53-57-61-67(72)73-62-58-54-50-46-42-38-34-31-29-27-25-23-21-19-20-22-24-26-28-30-32-36-40-44-48-52-56-60-66(71)68-64(63-69)65(70)59-55-51-47-43-39-35-16-14-12-10-8-6-4-2/h18-20,33,55,59,64-65,69-70H,3-17,21-32,34-54,56-58,60-63H2,1-2H3,(H,68,71)/b20-19-,33-18-,59-55+. The lowest BCUT2D eigenvalue weighted by Crippen LogP contribution is -2.45. The van der Waals surface area contributed by atoms with E-state index in [1.165, 1.54) is 283 Å². The topological polar surface area (TPSA) is 95.9 Å². The minimum Gasteiger partial charge on any atom is -0.466 e. The normalized spacial score (nSPS) is 12.8. The van der Waals surface area contributed by atoms with Crippen molar-refractivity contribution < 1.29 is 24.5 Å². The van der Waals surface area contributed by atoms with Gasteiger partial charge in [-0.3, -0.25) is 9.59 Å². The molecule has 0 fully saturated rings. The van der Waals surface area contributed by atoms with E-state index in [0.29, 0.717) is 19.4 Å². The van der Waals surface area contributed by atoms with Crippen LogP contribution >= 0.6 is 0 Å². The lowest BCUT2D eigenvalue weighted by Gasteiger charge is -2.20. The molecule has 0 heterocycles. The summed E-state index contributed by atoms with van der Waals surface area (Å²) in [5.41, 5.74) is 0. The van der Waals surface area contributed by atoms with E-state index in [9.17, 15) is 19.8 Å². The van der Waals surface area contributed by atoms with E-state index in [2.05, 4.69) is 43.5 Å². The smallest absolute Gasteiger partial charge is 0.305 e. The lowest BCUT2D eigenvalue weighted by molar-refractivity contribution is -0.143. The Morgan fingerprint density at radius 1 is 0.370 bits per heavy atom. The summed E-state index contributed by atoms with van der Waals surface area (Å²) in [5, 5.41) is 23.1. The van der Waals surface area contributed by atoms with Gasteiger partial charge in [0.25, 0.3) is 0 Å². The molecule has 2 unspecified atom stereocenters. The van der Waals surface area contributed by atoms with Gasteiger partial charge >= 0.3 is 5.97 Å². The summed E-state index contributed by atoms with van der Waals surface area (Å²) in [6.45, 7) is 4.91. The quantitative estimate of drug-likeness (QED) is 0.0320. The highest BCUT2D eigenvalue weighted by Gasteiger charge is 2.18. The number of ether oxygens (including phenoxy) is 1. The molecule has 0 saturated heterocycles. The molecule has 0 aliphatic heterocycles. The summed E-state index contributed by atoms with van der Waals surface area (Å²) in [5.74, 6) is -0.0608. The van der Waals surface area contributed by atoms with E-state index in [4.69, 9.17) is 4.74 Å². The molecule has 73 heavy (non-hydrogen) atoms. The molecule has 0 aromatic heterocycles. The van der Waals surface area contributed by atoms with Gasteiger partial charge in [-0.2, -0.15) is 0 Å². The Labute approximate surface area is 455 Å². The molecule has 3 N–H and O–H groups in total. The first-order chi connectivity index (χ1) is 36.0. The molecule has 6 heteroatoms. The molecule has 0 radical (unpaired) electrons. The number of hydrogen-bond donors (Lipinski definition) is 3. The zero-order chi connectivity index (χ0) is 52.9. The third kappa shape index (κ3) is 59.2. The number of hydrogen-bond acceptors (Lipinski definition) is 5. The predicted molar refractivity (Wildman–Crippen MR) is 319 cm³/mol. The zero-order valence-electron chi connectivity index (χ0n) is 49.1. The Morgan fingerprint density at radius 2 is 0.644 bits per heavy atom. The van der Waals surface area contributed by atoms with Crippen molar-refractivity contribution in [2.45, 2.75) is 366 Å². The van der Waals surface area contributed by atoms with Gasteiger partial charge < -0.3 is 20.3 Å². The molecule has 2 atom stereocenters. The fourth-order valence-corrected chi connectivity index (χ4v) is 10.1. The molecule has 0 aromatic rings. The van der Waals surface area contributed by atoms with Crippen molar-refractivity contribution in [1.82, 2.24) is 5.32 Å². The van der Waals surface area contributed by atoms with Crippen molar-refractivity contribution in [1.29, 1.82) is 0 Å². The number of nitrogens with one attached hydrogen (secondary N) is 1. The third-order valence-electron chi connectivity index (χ3n) is 15.1. The van der Waals surface area contributed by atoms with Crippen molar-refractivity contribution in [2.75, 3.05) is 13.2 Å². The second kappa shape index (κ2) is 62.6. The number of aliphatic hydroxyl groups is 2. The van der Waals surface area contributed by atoms with E-state index in [1.54, 1.807) is 6.08 Å². The number of carbonyl (C=O) groups is 2. The number of esters is 1. The van der Waals surface area contributed by atoms with Crippen molar-refractivity contribution in [3.63, 3.8) is 0 Å². The Balaban J connectivity index is 3.39. The number of rotatable bonds is 61. The van der Waals surface area contributed by atoms with E-state index in [-0.39, 0.29) is 18.5 Å². The summed E-state index contributed by atoms with van der Waals surface area (Å²) in [7, 11) is 0. The van der Waals surface area contributed by atoms with Crippen LogP contribution in [-0.2, 0) is 14.3 Å². The van der Waals surface area contributed by atoms with Crippen LogP contribution in [0.25, 0.3) is 0 Å². The van der Waals surface area contributed by atoms with Crippen LogP contribution in [0.2, 0.25) is 0 Å². The molecule has 0 spiro atoms. The maximum atomic E-state index is 12.5. The molecule has 1 amide bonds. The van der Waals surface area contributed by atoms with Gasteiger partial charge in [-0.1, -0.05) is 294 Å². The van der Waals surface area contributed by atoms with Gasteiger partial charge in [-0.15, -0.1) is 0 Å². The minimum atomic E-state index is -0.844. The second-order valence-corrected chi connectivity index (χ2v) is 22.4. The summed E-state index contributed by atoms with van der Waals surface area (Å²) in [4.78, 5) is 24.5. The number of allylic oxidation sites excluding steroid dienone is 5. The van der Waals surface area contributed by atoms with Crippen molar-refractivity contribution in [3.05, 3.63) is 36.5 Å². The number of carbonyl (C=O) groups excluding carboxylic acids is 2. The number of aliphatic hydroxyl groups excluding tert-OH is 2. The molecule has 0 rings (SSSR count). The molecule has 0 aliphatic rings. The van der Waals surface area contributed by atoms with Crippen LogP contribution in [0.15, 0.2) is 36.5 Å². The fourth-order valence-electron chi connectivity index (χ4n) is 10.1. The molecule has 0 aliphatic carbocycles. The molecular formula is C67H127NO5. The van der Waals surface area contributed by atoms with Gasteiger partial charge in [-0.05, 0) is 83.5 Å². The van der Waals surface area contributed by atoms with E-state index in [1.807, 2.05) is 6.08 Å². The third-order valence-corrected chi connectivity index (χ3v) is 15.1. The Bertz CT molecular complexity index is 1180. The van der Waals surface area contributed by atoms with Gasteiger partial charge in [0.05, 0.1) is 25.4 Å². The van der Waals surface area contributed by atoms with Gasteiger partial charge in [0.15, 0.2) is 0 Å². The number of unbranched alkanes of at least 4 members (excludes halogenated alkanes) is 46. The first kappa shape index (κ1) is 71.1. The van der Waals surface area contributed by atoms with Gasteiger partial charge in [0, 0.05) is 12.8 Å². The highest BCUT2D eigenvalue weighted by molar-refractivity contribution is 5.76. The monoisotopic (exact) mass is 1030 g/mol. The largest absolute Gasteiger partial charge is 0.466 e. The maximum absolute atomic E-state index is 12.5. The predicted octanol–water partition coefficient (Wildman–Crippen LogP) is 20.8. The maximum Gasteiger partial charge on any atom is 0.305 e. The SMILES string of the molecule is CCCCCCCCC/C=C\CCCCCCCC(=O)OCCCCCCCCCCCCCC/C=C\CCCCCCCCCCCCCC(=O)NC(CO)C(O)/C=C/CCCCCCCCCCCCC. The van der Waals surface area contributed by atoms with Crippen molar-refractivity contribution in [2.24, 2.45) is 0 Å². The van der Waals surface area contributed by atoms with Crippen LogP contribution in [-0.4, -0.2) is 47.4 Å². The van der Waals surface area contributed by atoms with Crippen LogP contribution in [0.5, 0.6) is 0 Å². The molecule has 430 valence electrons. The lowest BCUT2D eigenvalue weighted by atomic mass is 10.0. The Morgan fingerprint density at radius 3 is 0.973 bits per heavy atom. The van der Waals surface area contributed by atoms with E-state index >= 15 is 0 Å². The van der Waals surface area contributed by atoms with Gasteiger partial charge in [0.1, 0.15) is 0 Å². The molecule has 0 bridgehead atoms. The minimum absolute atomic E-state index is 0.00743. The molecule has 0 aromatic carbocycles. The summed E-state index contributed by atoms with van der Waals surface area (Å²) >= 11 is 0. The molecule has 0 saturated carbocycles. The van der Waals surface area contributed by atoms with Gasteiger partial charge in [0.2, 0.25) is 5.91 Å². The van der Waals surface area contributed by atoms with Crippen LogP contribution in [0.4, 0.5) is 0 Å². The van der Waals surface area contributed by atoms with Crippen LogP contribution < -0.4 is 5.32 Å². The molecule has 6 nitrogen and oxygen atoms in total. The van der Waals surface area contributed by atoms with E-state index < -0.39 is 12.1 Å². The average molecular weight is 1030 g/mol. The average Bonchev–Trinajstić information content (AvgIpc) is 3.39. The van der Waals surface area contributed by atoms with Crippen LogP contribution in [0, 0.1) is 0 Å². The van der Waals surface area contributed by atoms with Crippen LogP contribution in [0.3, 0.4) is 0 Å². The summed E-state index contributed by atoms with van der Waals surface area (Å²) in [6, 6.07) is -0.628. The van der Waals surface area contributed by atoms with Gasteiger partial charge in [-0.25, -0.2) is 0 Å². The Hall–Kier alpha value is -1.92. The molecular weight excluding hydrogens is 899 g/mol. The van der Waals surface area contributed by atoms with E-state index in [0.717, 1.165) is 44.9 Å². The second-order valence-electron chi connectivity index (χ2n) is 22.4. The summed E-state index contributed by atoms with van der Waals surface area (Å²) < 4.78 is 5.49. The van der Waals surface area contributed by atoms with Crippen LogP contribution in [0.1, 0.15) is 354 Å².